The van der Waals surface area contributed by atoms with Gasteiger partial charge in [0.15, 0.2) is 4.80 Å². The molecular weight excluding hydrogens is 316 g/mol. The molecule has 3 nitrogen and oxygen atoms in total. The van der Waals surface area contributed by atoms with Crippen molar-refractivity contribution in [1.29, 1.82) is 0 Å². The van der Waals surface area contributed by atoms with Gasteiger partial charge in [0, 0.05) is 24.2 Å². The van der Waals surface area contributed by atoms with E-state index in [9.17, 15) is 4.79 Å². The standard InChI is InChI=1S/C20H18N2OS/c1-16-7-9-18(10-8-16)15-22-13-14-24-20(22)21-19(23)12-11-17-5-3-2-4-6-17/h2-14H,15H2,1H3/b12-11+,21-20?. The maximum Gasteiger partial charge on any atom is 0.272 e. The molecule has 3 rings (SSSR count). The Balaban J connectivity index is 1.76. The summed E-state index contributed by atoms with van der Waals surface area (Å²) in [7, 11) is 0. The zero-order chi connectivity index (χ0) is 16.8. The number of carbonyl (C=O) groups is 1. The highest BCUT2D eigenvalue weighted by Gasteiger charge is 2.00. The second-order valence-corrected chi connectivity index (χ2v) is 6.37. The largest absolute Gasteiger partial charge is 0.319 e. The molecule has 1 amide bonds. The fraction of sp³-hybridized carbons (Fsp3) is 0.100. The summed E-state index contributed by atoms with van der Waals surface area (Å²) < 4.78 is 1.99. The molecule has 4 heteroatoms. The maximum absolute atomic E-state index is 12.1. The van der Waals surface area contributed by atoms with Gasteiger partial charge in [0.2, 0.25) is 0 Å². The van der Waals surface area contributed by atoms with Gasteiger partial charge in [0.05, 0.1) is 0 Å². The SMILES string of the molecule is Cc1ccc(Cn2ccsc2=NC(=O)/C=C/c2ccccc2)cc1. The summed E-state index contributed by atoms with van der Waals surface area (Å²) in [4.78, 5) is 17.0. The number of nitrogens with zero attached hydrogens (tertiary/aromatic N) is 2. The Labute approximate surface area is 145 Å². The Morgan fingerprint density at radius 3 is 2.62 bits per heavy atom. The fourth-order valence-corrected chi connectivity index (χ4v) is 2.99. The van der Waals surface area contributed by atoms with Crippen molar-refractivity contribution in [3.63, 3.8) is 0 Å². The molecular formula is C20H18N2OS. The van der Waals surface area contributed by atoms with Gasteiger partial charge in [-0.05, 0) is 24.1 Å². The normalized spacial score (nSPS) is 12.0. The van der Waals surface area contributed by atoms with Crippen molar-refractivity contribution in [3.05, 3.63) is 93.7 Å². The third-order valence-corrected chi connectivity index (χ3v) is 4.35. The van der Waals surface area contributed by atoms with Crippen LogP contribution in [0.5, 0.6) is 0 Å². The molecule has 120 valence electrons. The van der Waals surface area contributed by atoms with E-state index < -0.39 is 0 Å². The van der Waals surface area contributed by atoms with E-state index in [1.807, 2.05) is 46.5 Å². The summed E-state index contributed by atoms with van der Waals surface area (Å²) in [6.45, 7) is 2.78. The van der Waals surface area contributed by atoms with Crippen LogP contribution < -0.4 is 4.80 Å². The lowest BCUT2D eigenvalue weighted by Gasteiger charge is -2.03. The molecule has 0 saturated carbocycles. The van der Waals surface area contributed by atoms with Gasteiger partial charge in [0.25, 0.3) is 5.91 Å². The molecule has 0 bridgehead atoms. The van der Waals surface area contributed by atoms with Crippen LogP contribution in [0, 0.1) is 6.92 Å². The van der Waals surface area contributed by atoms with Crippen LogP contribution in [-0.4, -0.2) is 10.5 Å². The first kappa shape index (κ1) is 16.1. The van der Waals surface area contributed by atoms with E-state index in [1.54, 1.807) is 6.08 Å². The zero-order valence-electron chi connectivity index (χ0n) is 13.4. The molecule has 24 heavy (non-hydrogen) atoms. The summed E-state index contributed by atoms with van der Waals surface area (Å²) in [6, 6.07) is 18.1. The Kier molecular flexibility index (Phi) is 5.18. The highest BCUT2D eigenvalue weighted by molar-refractivity contribution is 7.07. The molecule has 0 radical (unpaired) electrons. The lowest BCUT2D eigenvalue weighted by molar-refractivity contribution is -0.113. The third-order valence-electron chi connectivity index (χ3n) is 3.56. The van der Waals surface area contributed by atoms with E-state index in [-0.39, 0.29) is 5.91 Å². The summed E-state index contributed by atoms with van der Waals surface area (Å²) in [5.41, 5.74) is 3.41. The molecule has 0 aliphatic heterocycles. The highest BCUT2D eigenvalue weighted by Crippen LogP contribution is 2.05. The Morgan fingerprint density at radius 2 is 1.88 bits per heavy atom. The predicted octanol–water partition coefficient (Wildman–Crippen LogP) is 4.05. The van der Waals surface area contributed by atoms with Crippen molar-refractivity contribution in [1.82, 2.24) is 4.57 Å². The molecule has 0 spiro atoms. The Bertz CT molecular complexity index is 903. The summed E-state index contributed by atoms with van der Waals surface area (Å²) in [6.07, 6.45) is 5.24. The van der Waals surface area contributed by atoms with E-state index in [1.165, 1.54) is 28.5 Å². The van der Waals surface area contributed by atoms with Gasteiger partial charge < -0.3 is 4.57 Å². The molecule has 3 aromatic rings. The van der Waals surface area contributed by atoms with E-state index >= 15 is 0 Å². The minimum absolute atomic E-state index is 0.251. The van der Waals surface area contributed by atoms with E-state index in [0.717, 1.165) is 5.56 Å². The molecule has 0 saturated heterocycles. The molecule has 0 unspecified atom stereocenters. The molecule has 0 aliphatic carbocycles. The molecule has 1 heterocycles. The Hall–Kier alpha value is -2.72. The van der Waals surface area contributed by atoms with Crippen molar-refractivity contribution in [2.24, 2.45) is 4.99 Å². The van der Waals surface area contributed by atoms with Crippen LogP contribution in [0.3, 0.4) is 0 Å². The first-order chi connectivity index (χ1) is 11.7. The number of rotatable bonds is 4. The number of hydrogen-bond acceptors (Lipinski definition) is 2. The summed E-state index contributed by atoms with van der Waals surface area (Å²) in [5, 5.41) is 1.95. The molecule has 2 aromatic carbocycles. The van der Waals surface area contributed by atoms with Gasteiger partial charge in [0.1, 0.15) is 0 Å². The van der Waals surface area contributed by atoms with Crippen LogP contribution in [0.1, 0.15) is 16.7 Å². The second kappa shape index (κ2) is 7.70. The molecule has 0 fully saturated rings. The van der Waals surface area contributed by atoms with E-state index in [2.05, 4.69) is 36.2 Å². The van der Waals surface area contributed by atoms with Crippen LogP contribution in [0.2, 0.25) is 0 Å². The van der Waals surface area contributed by atoms with Gasteiger partial charge in [-0.25, -0.2) is 0 Å². The lowest BCUT2D eigenvalue weighted by atomic mass is 10.1. The first-order valence-corrected chi connectivity index (χ1v) is 8.60. The average molecular weight is 334 g/mol. The maximum atomic E-state index is 12.1. The molecule has 0 atom stereocenters. The highest BCUT2D eigenvalue weighted by atomic mass is 32.1. The number of hydrogen-bond donors (Lipinski definition) is 0. The quantitative estimate of drug-likeness (QED) is 0.663. The lowest BCUT2D eigenvalue weighted by Crippen LogP contribution is -2.16. The summed E-state index contributed by atoms with van der Waals surface area (Å²) in [5.74, 6) is -0.251. The van der Waals surface area contributed by atoms with Crippen LogP contribution in [0.4, 0.5) is 0 Å². The smallest absolute Gasteiger partial charge is 0.272 e. The van der Waals surface area contributed by atoms with Crippen molar-refractivity contribution in [2.75, 3.05) is 0 Å². The van der Waals surface area contributed by atoms with Crippen molar-refractivity contribution in [2.45, 2.75) is 13.5 Å². The van der Waals surface area contributed by atoms with E-state index in [0.29, 0.717) is 11.3 Å². The average Bonchev–Trinajstić information content (AvgIpc) is 3.03. The zero-order valence-corrected chi connectivity index (χ0v) is 14.2. The molecule has 0 N–H and O–H groups in total. The minimum Gasteiger partial charge on any atom is -0.319 e. The van der Waals surface area contributed by atoms with Crippen LogP contribution >= 0.6 is 11.3 Å². The molecule has 1 aromatic heterocycles. The van der Waals surface area contributed by atoms with Crippen LogP contribution in [-0.2, 0) is 11.3 Å². The van der Waals surface area contributed by atoms with Crippen LogP contribution in [0.25, 0.3) is 6.08 Å². The number of carbonyl (C=O) groups excluding carboxylic acids is 1. The van der Waals surface area contributed by atoms with Crippen LogP contribution in [0.15, 0.2) is 77.2 Å². The second-order valence-electron chi connectivity index (χ2n) is 5.49. The van der Waals surface area contributed by atoms with Gasteiger partial charge >= 0.3 is 0 Å². The van der Waals surface area contributed by atoms with Crippen molar-refractivity contribution >= 4 is 23.3 Å². The fourth-order valence-electron chi connectivity index (χ4n) is 2.26. The predicted molar refractivity (Wildman–Crippen MR) is 98.6 cm³/mol. The number of thiazole rings is 1. The monoisotopic (exact) mass is 334 g/mol. The Morgan fingerprint density at radius 1 is 1.12 bits per heavy atom. The third kappa shape index (κ3) is 4.40. The number of aryl methyl sites for hydroxylation is 1. The number of amides is 1. The molecule has 0 aliphatic rings. The van der Waals surface area contributed by atoms with Gasteiger partial charge in [-0.15, -0.1) is 11.3 Å². The van der Waals surface area contributed by atoms with E-state index in [4.69, 9.17) is 0 Å². The van der Waals surface area contributed by atoms with Gasteiger partial charge in [-0.3, -0.25) is 4.79 Å². The first-order valence-electron chi connectivity index (χ1n) is 7.72. The topological polar surface area (TPSA) is 34.4 Å². The minimum atomic E-state index is -0.251. The summed E-state index contributed by atoms with van der Waals surface area (Å²) >= 11 is 1.46. The van der Waals surface area contributed by atoms with Crippen molar-refractivity contribution in [3.8, 4) is 0 Å². The van der Waals surface area contributed by atoms with Gasteiger partial charge in [-0.1, -0.05) is 60.2 Å². The van der Waals surface area contributed by atoms with Gasteiger partial charge in [-0.2, -0.15) is 4.99 Å². The number of aromatic nitrogens is 1. The van der Waals surface area contributed by atoms with Crippen molar-refractivity contribution < 1.29 is 4.79 Å². The number of benzene rings is 2.